The SMILES string of the molecule is [CH3][Sn]([CH3])([CH3])[O][Se][O][Sn]([CH3])([CH3])[CH3]. The Morgan fingerprint density at radius 2 is 1.00 bits per heavy atom. The second-order valence-electron chi connectivity index (χ2n) is 4.46. The third-order valence-corrected chi connectivity index (χ3v) is 19.8. The van der Waals surface area contributed by atoms with Gasteiger partial charge < -0.3 is 0 Å². The van der Waals surface area contributed by atoms with Crippen molar-refractivity contribution in [3.05, 3.63) is 0 Å². The molecule has 2 nitrogen and oxygen atoms in total. The molecule has 11 heavy (non-hydrogen) atoms. The third-order valence-electron chi connectivity index (χ3n) is 0.568. The van der Waals surface area contributed by atoms with Crippen molar-refractivity contribution in [1.29, 1.82) is 0 Å². The first-order valence-corrected chi connectivity index (χ1v) is 24.6. The van der Waals surface area contributed by atoms with Crippen LogP contribution in [0.5, 0.6) is 0 Å². The molecule has 0 aliphatic carbocycles. The molecule has 0 fully saturated rings. The van der Waals surface area contributed by atoms with Crippen LogP contribution < -0.4 is 0 Å². The van der Waals surface area contributed by atoms with Crippen LogP contribution in [0.4, 0.5) is 0 Å². The van der Waals surface area contributed by atoms with E-state index in [1.807, 2.05) is 0 Å². The first kappa shape index (κ1) is 13.0. The predicted molar refractivity (Wildman–Crippen MR) is 54.6 cm³/mol. The fourth-order valence-electron chi connectivity index (χ4n) is 0.221. The average molecular weight is 439 g/mol. The summed E-state index contributed by atoms with van der Waals surface area (Å²) in [5.41, 5.74) is 0. The summed E-state index contributed by atoms with van der Waals surface area (Å²) in [7, 11) is 0. The molecule has 0 saturated heterocycles. The molecule has 0 saturated carbocycles. The van der Waals surface area contributed by atoms with Crippen LogP contribution in [0.1, 0.15) is 0 Å². The molecule has 0 amide bonds. The van der Waals surface area contributed by atoms with Crippen LogP contribution in [0, 0.1) is 0 Å². The van der Waals surface area contributed by atoms with Gasteiger partial charge in [-0.1, -0.05) is 0 Å². The van der Waals surface area contributed by atoms with E-state index < -0.39 is 37.6 Å². The molecular formula is C6H18O2SeSn2. The van der Waals surface area contributed by atoms with E-state index in [4.69, 9.17) is 4.31 Å². The van der Waals surface area contributed by atoms with E-state index in [2.05, 4.69) is 29.6 Å². The van der Waals surface area contributed by atoms with Crippen LogP contribution >= 0.6 is 0 Å². The van der Waals surface area contributed by atoms with Crippen LogP contribution in [-0.2, 0) is 4.31 Å². The summed E-state index contributed by atoms with van der Waals surface area (Å²) in [6, 6.07) is 0. The summed E-state index contributed by atoms with van der Waals surface area (Å²) >= 11 is -3.92. The first-order chi connectivity index (χ1) is 4.71. The van der Waals surface area contributed by atoms with Gasteiger partial charge in [0.15, 0.2) is 0 Å². The third kappa shape index (κ3) is 12.0. The zero-order valence-electron chi connectivity index (χ0n) is 8.22. The van der Waals surface area contributed by atoms with Gasteiger partial charge in [-0.05, 0) is 0 Å². The Bertz CT molecular complexity index is 103. The van der Waals surface area contributed by atoms with Crippen molar-refractivity contribution < 1.29 is 4.31 Å². The Labute approximate surface area is 86.1 Å². The van der Waals surface area contributed by atoms with Crippen LogP contribution in [0.25, 0.3) is 0 Å². The number of hydrogen-bond acceptors (Lipinski definition) is 2. The predicted octanol–water partition coefficient (Wildman–Crippen LogP) is 2.22. The summed E-state index contributed by atoms with van der Waals surface area (Å²) in [5.74, 6) is 0. The van der Waals surface area contributed by atoms with Gasteiger partial charge in [-0.3, -0.25) is 0 Å². The van der Waals surface area contributed by atoms with Crippen molar-refractivity contribution in [1.82, 2.24) is 0 Å². The van der Waals surface area contributed by atoms with Gasteiger partial charge in [-0.15, -0.1) is 0 Å². The zero-order chi connectivity index (χ0) is 9.12. The van der Waals surface area contributed by atoms with E-state index in [1.54, 1.807) is 0 Å². The molecule has 0 radical (unpaired) electrons. The van der Waals surface area contributed by atoms with Gasteiger partial charge in [-0.25, -0.2) is 0 Å². The van der Waals surface area contributed by atoms with E-state index in [-0.39, 0.29) is 15.6 Å². The zero-order valence-corrected chi connectivity index (χ0v) is 15.6. The van der Waals surface area contributed by atoms with Gasteiger partial charge in [0.25, 0.3) is 0 Å². The van der Waals surface area contributed by atoms with Crippen LogP contribution in [0.15, 0.2) is 0 Å². The molecular weight excluding hydrogens is 420 g/mol. The van der Waals surface area contributed by atoms with Gasteiger partial charge in [-0.2, -0.15) is 0 Å². The summed E-state index contributed by atoms with van der Waals surface area (Å²) < 4.78 is 11.4. The van der Waals surface area contributed by atoms with Crippen molar-refractivity contribution in [2.75, 3.05) is 0 Å². The van der Waals surface area contributed by atoms with Gasteiger partial charge in [0.05, 0.1) is 0 Å². The molecule has 0 atom stereocenters. The molecule has 0 aromatic rings. The number of rotatable bonds is 4. The Kier molecular flexibility index (Phi) is 5.99. The van der Waals surface area contributed by atoms with E-state index >= 15 is 0 Å². The first-order valence-electron chi connectivity index (χ1n) is 3.74. The molecule has 0 aliphatic rings. The van der Waals surface area contributed by atoms with Gasteiger partial charge in [0, 0.05) is 0 Å². The fourth-order valence-corrected chi connectivity index (χ4v) is 11.1. The second kappa shape index (κ2) is 5.05. The van der Waals surface area contributed by atoms with E-state index in [0.717, 1.165) is 0 Å². The quantitative estimate of drug-likeness (QED) is 0.627. The average Bonchev–Trinajstić information content (AvgIpc) is 1.55. The Morgan fingerprint density at radius 3 is 1.18 bits per heavy atom. The molecule has 0 aromatic heterocycles. The topological polar surface area (TPSA) is 18.5 Å². The molecule has 0 unspecified atom stereocenters. The summed E-state index contributed by atoms with van der Waals surface area (Å²) in [6.07, 6.45) is 0. The summed E-state index contributed by atoms with van der Waals surface area (Å²) in [5, 5.41) is 0. The van der Waals surface area contributed by atoms with Crippen LogP contribution in [0.3, 0.4) is 0 Å². The maximum absolute atomic E-state index is 5.71. The van der Waals surface area contributed by atoms with E-state index in [0.29, 0.717) is 0 Å². The molecule has 0 bridgehead atoms. The Hall–Kier alpha value is 2.04. The van der Waals surface area contributed by atoms with Crippen LogP contribution in [-0.4, -0.2) is 53.2 Å². The van der Waals surface area contributed by atoms with Crippen molar-refractivity contribution >= 4 is 53.2 Å². The molecule has 68 valence electrons. The van der Waals surface area contributed by atoms with E-state index in [1.165, 1.54) is 0 Å². The second-order valence-corrected chi connectivity index (χ2v) is 34.5. The number of hydrogen-bond donors (Lipinski definition) is 0. The summed E-state index contributed by atoms with van der Waals surface area (Å²) in [6.45, 7) is 0. The normalized spacial score (nSPS) is 13.6. The minimum atomic E-state index is -1.97. The Morgan fingerprint density at radius 1 is 0.727 bits per heavy atom. The fraction of sp³-hybridized carbons (Fsp3) is 1.00. The van der Waals surface area contributed by atoms with Crippen molar-refractivity contribution in [3.63, 3.8) is 0 Å². The standard InChI is InChI=1S/6CH3.H2O2Se.2Sn/c;;;;;;1-3-2;;/h6*1H3;1-2H;;/q;;;;;;;2*+1/p-2. The Balaban J connectivity index is 3.44. The molecule has 0 N–H and O–H groups in total. The molecule has 0 spiro atoms. The molecule has 0 rings (SSSR count). The van der Waals surface area contributed by atoms with Crippen molar-refractivity contribution in [3.8, 4) is 0 Å². The molecule has 0 aromatic carbocycles. The van der Waals surface area contributed by atoms with Gasteiger partial charge in [0.1, 0.15) is 0 Å². The van der Waals surface area contributed by atoms with Gasteiger partial charge >= 0.3 is 87.1 Å². The minimum absolute atomic E-state index is 0.0304. The van der Waals surface area contributed by atoms with Crippen LogP contribution in [0.2, 0.25) is 29.6 Å². The van der Waals surface area contributed by atoms with Crippen molar-refractivity contribution in [2.24, 2.45) is 0 Å². The molecule has 5 heteroatoms. The van der Waals surface area contributed by atoms with Crippen molar-refractivity contribution in [2.45, 2.75) is 29.6 Å². The molecule has 0 heterocycles. The van der Waals surface area contributed by atoms with E-state index in [9.17, 15) is 0 Å². The summed E-state index contributed by atoms with van der Waals surface area (Å²) in [4.78, 5) is 13.6. The monoisotopic (exact) mass is 442 g/mol. The molecule has 0 aliphatic heterocycles. The van der Waals surface area contributed by atoms with Gasteiger partial charge in [0.2, 0.25) is 0 Å². The maximum atomic E-state index is 5.71.